The highest BCUT2D eigenvalue weighted by molar-refractivity contribution is 6.01. The van der Waals surface area contributed by atoms with Gasteiger partial charge in [-0.3, -0.25) is 4.79 Å². The average molecular weight is 283 g/mol. The molecule has 0 saturated carbocycles. The lowest BCUT2D eigenvalue weighted by Crippen LogP contribution is -2.07. The Morgan fingerprint density at radius 1 is 1.00 bits per heavy atom. The molecule has 0 fully saturated rings. The minimum absolute atomic E-state index is 0.151. The van der Waals surface area contributed by atoms with E-state index in [1.165, 1.54) is 6.08 Å². The number of para-hydroxylation sites is 1. The van der Waals surface area contributed by atoms with Gasteiger partial charge in [-0.25, -0.2) is 0 Å². The Morgan fingerprint density at radius 2 is 1.62 bits per heavy atom. The molecule has 3 nitrogen and oxygen atoms in total. The third kappa shape index (κ3) is 5.95. The topological polar surface area (TPSA) is 38.3 Å². The second-order valence-corrected chi connectivity index (χ2v) is 3.96. The predicted molar refractivity (Wildman–Crippen MR) is 88.4 cm³/mol. The van der Waals surface area contributed by atoms with Crippen LogP contribution >= 0.6 is 0 Å². The van der Waals surface area contributed by atoms with Crippen molar-refractivity contribution in [1.82, 2.24) is 0 Å². The lowest BCUT2D eigenvalue weighted by molar-refractivity contribution is -0.111. The number of ether oxygens (including phenoxy) is 1. The van der Waals surface area contributed by atoms with Gasteiger partial charge in [0, 0.05) is 11.8 Å². The van der Waals surface area contributed by atoms with E-state index in [4.69, 9.17) is 4.74 Å². The van der Waals surface area contributed by atoms with E-state index < -0.39 is 0 Å². The van der Waals surface area contributed by atoms with Crippen LogP contribution in [-0.4, -0.2) is 13.0 Å². The number of benzene rings is 2. The van der Waals surface area contributed by atoms with Gasteiger partial charge in [0.05, 0.1) is 7.11 Å². The number of amides is 1. The number of rotatable bonds is 4. The zero-order valence-electron chi connectivity index (χ0n) is 12.7. The van der Waals surface area contributed by atoms with Crippen LogP contribution in [0.25, 0.3) is 6.08 Å². The molecule has 0 atom stereocenters. The van der Waals surface area contributed by atoms with Gasteiger partial charge in [0.2, 0.25) is 5.91 Å². The lowest BCUT2D eigenvalue weighted by Gasteiger charge is -2.01. The van der Waals surface area contributed by atoms with E-state index in [1.807, 2.05) is 68.4 Å². The zero-order valence-corrected chi connectivity index (χ0v) is 12.7. The van der Waals surface area contributed by atoms with E-state index in [2.05, 4.69) is 5.32 Å². The second kappa shape index (κ2) is 9.37. The van der Waals surface area contributed by atoms with Crippen LogP contribution in [0.3, 0.4) is 0 Å². The summed E-state index contributed by atoms with van der Waals surface area (Å²) in [5.74, 6) is 0.646. The standard InChI is InChI=1S/C16H15NO2.C2H6/c1-19-15-10-7-13(8-11-15)9-12-16(18)17-14-5-3-2-4-6-14;1-2/h2-12H,1H3,(H,17,18);1-2H3/b12-9+;. The number of carbonyl (C=O) groups excluding carboxylic acids is 1. The normalized spacial score (nSPS) is 9.67. The van der Waals surface area contributed by atoms with Crippen LogP contribution in [-0.2, 0) is 4.79 Å². The second-order valence-electron chi connectivity index (χ2n) is 3.96. The molecule has 1 N–H and O–H groups in total. The maximum absolute atomic E-state index is 11.7. The molecule has 0 aliphatic rings. The van der Waals surface area contributed by atoms with Crippen LogP contribution in [0.1, 0.15) is 19.4 Å². The molecule has 3 heteroatoms. The largest absolute Gasteiger partial charge is 0.497 e. The molecule has 2 aromatic rings. The van der Waals surface area contributed by atoms with E-state index >= 15 is 0 Å². The Bertz CT molecular complexity index is 560. The van der Waals surface area contributed by atoms with Crippen molar-refractivity contribution in [3.05, 3.63) is 66.2 Å². The smallest absolute Gasteiger partial charge is 0.248 e. The summed E-state index contributed by atoms with van der Waals surface area (Å²) in [7, 11) is 1.62. The number of methoxy groups -OCH3 is 1. The molecule has 0 unspecified atom stereocenters. The summed E-state index contributed by atoms with van der Waals surface area (Å²) in [6.07, 6.45) is 3.27. The molecule has 0 bridgehead atoms. The summed E-state index contributed by atoms with van der Waals surface area (Å²) in [5.41, 5.74) is 1.73. The Hall–Kier alpha value is -2.55. The summed E-state index contributed by atoms with van der Waals surface area (Å²) in [5, 5.41) is 2.78. The molecule has 2 rings (SSSR count). The zero-order chi connectivity index (χ0) is 15.5. The molecule has 21 heavy (non-hydrogen) atoms. The predicted octanol–water partition coefficient (Wildman–Crippen LogP) is 4.37. The fourth-order valence-electron chi connectivity index (χ4n) is 1.59. The van der Waals surface area contributed by atoms with Crippen molar-refractivity contribution in [2.75, 3.05) is 12.4 Å². The van der Waals surface area contributed by atoms with E-state index in [0.29, 0.717) is 0 Å². The molecule has 0 saturated heterocycles. The van der Waals surface area contributed by atoms with Gasteiger partial charge in [-0.15, -0.1) is 0 Å². The van der Waals surface area contributed by atoms with Crippen molar-refractivity contribution < 1.29 is 9.53 Å². The van der Waals surface area contributed by atoms with Gasteiger partial charge in [-0.05, 0) is 35.9 Å². The highest BCUT2D eigenvalue weighted by Crippen LogP contribution is 2.12. The van der Waals surface area contributed by atoms with Crippen molar-refractivity contribution in [1.29, 1.82) is 0 Å². The summed E-state index contributed by atoms with van der Waals surface area (Å²) >= 11 is 0. The first-order valence-electron chi connectivity index (χ1n) is 6.96. The number of carbonyl (C=O) groups is 1. The third-order valence-corrected chi connectivity index (χ3v) is 2.58. The molecular formula is C18H21NO2. The minimum atomic E-state index is -0.151. The molecule has 0 aliphatic heterocycles. The first-order chi connectivity index (χ1) is 10.3. The monoisotopic (exact) mass is 283 g/mol. The molecule has 0 aromatic heterocycles. The molecular weight excluding hydrogens is 262 g/mol. The van der Waals surface area contributed by atoms with Crippen molar-refractivity contribution in [2.24, 2.45) is 0 Å². The average Bonchev–Trinajstić information content (AvgIpc) is 2.56. The lowest BCUT2D eigenvalue weighted by atomic mass is 10.2. The van der Waals surface area contributed by atoms with Crippen molar-refractivity contribution in [3.8, 4) is 5.75 Å². The fourth-order valence-corrected chi connectivity index (χ4v) is 1.59. The minimum Gasteiger partial charge on any atom is -0.497 e. The van der Waals surface area contributed by atoms with Gasteiger partial charge in [0.25, 0.3) is 0 Å². The molecule has 110 valence electrons. The summed E-state index contributed by atoms with van der Waals surface area (Å²) in [6.45, 7) is 4.00. The van der Waals surface area contributed by atoms with Crippen LogP contribution in [0.15, 0.2) is 60.7 Å². The summed E-state index contributed by atoms with van der Waals surface area (Å²) < 4.78 is 5.07. The van der Waals surface area contributed by atoms with Gasteiger partial charge in [-0.1, -0.05) is 44.2 Å². The molecule has 1 amide bonds. The number of hydrogen-bond donors (Lipinski definition) is 1. The Kier molecular flexibility index (Phi) is 7.36. The van der Waals surface area contributed by atoms with Gasteiger partial charge < -0.3 is 10.1 Å². The van der Waals surface area contributed by atoms with Crippen LogP contribution in [0.5, 0.6) is 5.75 Å². The highest BCUT2D eigenvalue weighted by atomic mass is 16.5. The fraction of sp³-hybridized carbons (Fsp3) is 0.167. The Labute approximate surface area is 126 Å². The molecule has 2 aromatic carbocycles. The Morgan fingerprint density at radius 3 is 2.19 bits per heavy atom. The molecule has 0 radical (unpaired) electrons. The summed E-state index contributed by atoms with van der Waals surface area (Å²) in [6, 6.07) is 16.9. The third-order valence-electron chi connectivity index (χ3n) is 2.58. The summed E-state index contributed by atoms with van der Waals surface area (Å²) in [4.78, 5) is 11.7. The van der Waals surface area contributed by atoms with Gasteiger partial charge >= 0.3 is 0 Å². The highest BCUT2D eigenvalue weighted by Gasteiger charge is 1.96. The van der Waals surface area contributed by atoms with Crippen molar-refractivity contribution >= 4 is 17.7 Å². The van der Waals surface area contributed by atoms with E-state index in [9.17, 15) is 4.79 Å². The van der Waals surface area contributed by atoms with E-state index in [0.717, 1.165) is 17.0 Å². The molecule has 0 spiro atoms. The van der Waals surface area contributed by atoms with Gasteiger partial charge in [0.1, 0.15) is 5.75 Å². The Balaban J connectivity index is 0.00000106. The van der Waals surface area contributed by atoms with Crippen LogP contribution in [0.2, 0.25) is 0 Å². The van der Waals surface area contributed by atoms with Crippen LogP contribution in [0, 0.1) is 0 Å². The first kappa shape index (κ1) is 16.5. The molecule has 0 aliphatic carbocycles. The van der Waals surface area contributed by atoms with Crippen LogP contribution in [0.4, 0.5) is 5.69 Å². The SMILES string of the molecule is CC.COc1ccc(/C=C/C(=O)Nc2ccccc2)cc1. The number of hydrogen-bond acceptors (Lipinski definition) is 2. The van der Waals surface area contributed by atoms with Crippen molar-refractivity contribution in [2.45, 2.75) is 13.8 Å². The van der Waals surface area contributed by atoms with Gasteiger partial charge in [-0.2, -0.15) is 0 Å². The quantitative estimate of drug-likeness (QED) is 0.846. The van der Waals surface area contributed by atoms with Crippen LogP contribution < -0.4 is 10.1 Å². The maximum atomic E-state index is 11.7. The number of nitrogens with one attached hydrogen (secondary N) is 1. The maximum Gasteiger partial charge on any atom is 0.248 e. The first-order valence-corrected chi connectivity index (χ1v) is 6.96. The van der Waals surface area contributed by atoms with Crippen molar-refractivity contribution in [3.63, 3.8) is 0 Å². The molecule has 0 heterocycles. The number of anilines is 1. The van der Waals surface area contributed by atoms with E-state index in [-0.39, 0.29) is 5.91 Å². The van der Waals surface area contributed by atoms with E-state index in [1.54, 1.807) is 13.2 Å². The van der Waals surface area contributed by atoms with Gasteiger partial charge in [0.15, 0.2) is 0 Å².